The largest absolute Gasteiger partial charge is 0.475 e. The summed E-state index contributed by atoms with van der Waals surface area (Å²) in [4.78, 5) is 11.8. The maximum absolute atomic E-state index is 12.6. The minimum absolute atomic E-state index is 0. The molecule has 0 aliphatic rings. The Kier molecular flexibility index (Phi) is 9.56. The molecule has 0 spiro atoms. The van der Waals surface area contributed by atoms with E-state index in [-0.39, 0.29) is 41.5 Å². The second-order valence-electron chi connectivity index (χ2n) is 5.03. The van der Waals surface area contributed by atoms with E-state index in [0.717, 1.165) is 11.8 Å². The molecule has 0 radical (unpaired) electrons. The number of hydrogen-bond donors (Lipinski definition) is 2. The first-order valence-electron chi connectivity index (χ1n) is 7.60. The lowest BCUT2D eigenvalue weighted by atomic mass is 10.3. The average Bonchev–Trinajstić information content (AvgIpc) is 2.62. The van der Waals surface area contributed by atoms with Gasteiger partial charge in [0.25, 0.3) is 0 Å². The Hall–Kier alpha value is -1.82. The van der Waals surface area contributed by atoms with Crippen LogP contribution in [0.2, 0.25) is 5.02 Å². The summed E-state index contributed by atoms with van der Waals surface area (Å²) in [5, 5.41) is 5.88. The molecule has 0 fully saturated rings. The molecule has 0 atom stereocenters. The average molecular weight is 516 g/mol. The fourth-order valence-electron chi connectivity index (χ4n) is 1.90. The van der Waals surface area contributed by atoms with Crippen LogP contribution >= 0.6 is 35.6 Å². The highest BCUT2D eigenvalue weighted by Crippen LogP contribution is 2.32. The standard InChI is InChI=1S/C16H17ClF3N5O.HI/c1-21-15(25-10-12-4-2-3-5-22-12)23-6-7-26-14-13(17)8-11(9-24-14)16(18,19)20;/h2-5,8-9H,6-7,10H2,1H3,(H2,21,23,25);1H. The highest BCUT2D eigenvalue weighted by atomic mass is 127. The Morgan fingerprint density at radius 3 is 2.63 bits per heavy atom. The van der Waals surface area contributed by atoms with Crippen LogP contribution in [0.3, 0.4) is 0 Å². The number of alkyl halides is 3. The molecule has 0 aliphatic carbocycles. The first-order chi connectivity index (χ1) is 12.4. The van der Waals surface area contributed by atoms with Gasteiger partial charge in [-0.2, -0.15) is 13.2 Å². The van der Waals surface area contributed by atoms with Gasteiger partial charge in [-0.1, -0.05) is 17.7 Å². The number of nitrogens with zero attached hydrogens (tertiary/aromatic N) is 3. The van der Waals surface area contributed by atoms with Crippen LogP contribution in [0.5, 0.6) is 5.88 Å². The van der Waals surface area contributed by atoms with Crippen LogP contribution < -0.4 is 15.4 Å². The SMILES string of the molecule is CN=C(NCCOc1ncc(C(F)(F)F)cc1Cl)NCc1ccccn1.I. The second-order valence-corrected chi connectivity index (χ2v) is 5.44. The lowest BCUT2D eigenvalue weighted by Crippen LogP contribution is -2.39. The van der Waals surface area contributed by atoms with Crippen molar-refractivity contribution in [2.75, 3.05) is 20.2 Å². The Morgan fingerprint density at radius 1 is 1.26 bits per heavy atom. The van der Waals surface area contributed by atoms with E-state index in [1.54, 1.807) is 13.2 Å². The fourth-order valence-corrected chi connectivity index (χ4v) is 2.12. The molecule has 148 valence electrons. The zero-order chi connectivity index (χ0) is 19.0. The molecule has 11 heteroatoms. The molecule has 0 bridgehead atoms. The molecule has 27 heavy (non-hydrogen) atoms. The van der Waals surface area contributed by atoms with Gasteiger partial charge in [0, 0.05) is 19.4 Å². The number of aliphatic imine (C=N–C) groups is 1. The number of aromatic nitrogens is 2. The first kappa shape index (κ1) is 23.2. The molecule has 2 N–H and O–H groups in total. The third kappa shape index (κ3) is 7.75. The van der Waals surface area contributed by atoms with Gasteiger partial charge in [-0.15, -0.1) is 24.0 Å². The van der Waals surface area contributed by atoms with Crippen LogP contribution in [0.1, 0.15) is 11.3 Å². The van der Waals surface area contributed by atoms with Crippen molar-refractivity contribution in [2.24, 2.45) is 4.99 Å². The molecule has 0 aromatic carbocycles. The summed E-state index contributed by atoms with van der Waals surface area (Å²) in [5.74, 6) is 0.476. The predicted octanol–water partition coefficient (Wildman–Crippen LogP) is 3.51. The highest BCUT2D eigenvalue weighted by molar-refractivity contribution is 14.0. The quantitative estimate of drug-likeness (QED) is 0.267. The molecular weight excluding hydrogens is 498 g/mol. The van der Waals surface area contributed by atoms with Gasteiger partial charge < -0.3 is 15.4 Å². The molecule has 0 saturated carbocycles. The topological polar surface area (TPSA) is 71.4 Å². The van der Waals surface area contributed by atoms with Crippen LogP contribution in [-0.4, -0.2) is 36.1 Å². The molecule has 0 amide bonds. The van der Waals surface area contributed by atoms with E-state index in [2.05, 4.69) is 25.6 Å². The van der Waals surface area contributed by atoms with Gasteiger partial charge in [-0.25, -0.2) is 4.98 Å². The second kappa shape index (κ2) is 11.1. The zero-order valence-electron chi connectivity index (χ0n) is 14.3. The lowest BCUT2D eigenvalue weighted by molar-refractivity contribution is -0.137. The fraction of sp³-hybridized carbons (Fsp3) is 0.312. The smallest absolute Gasteiger partial charge is 0.417 e. The van der Waals surface area contributed by atoms with Gasteiger partial charge in [0.1, 0.15) is 11.6 Å². The van der Waals surface area contributed by atoms with Crippen molar-refractivity contribution in [2.45, 2.75) is 12.7 Å². The number of pyridine rings is 2. The number of rotatable bonds is 6. The van der Waals surface area contributed by atoms with E-state index in [1.807, 2.05) is 18.2 Å². The number of halogens is 5. The Balaban J connectivity index is 0.00000364. The number of nitrogens with one attached hydrogen (secondary N) is 2. The van der Waals surface area contributed by atoms with Crippen molar-refractivity contribution in [1.29, 1.82) is 0 Å². The summed E-state index contributed by atoms with van der Waals surface area (Å²) < 4.78 is 43.0. The van der Waals surface area contributed by atoms with E-state index in [0.29, 0.717) is 25.2 Å². The van der Waals surface area contributed by atoms with E-state index in [1.165, 1.54) is 0 Å². The molecule has 2 aromatic rings. The van der Waals surface area contributed by atoms with Crippen LogP contribution in [0.25, 0.3) is 0 Å². The third-order valence-electron chi connectivity index (χ3n) is 3.15. The van der Waals surface area contributed by atoms with Crippen molar-refractivity contribution in [1.82, 2.24) is 20.6 Å². The number of ether oxygens (including phenoxy) is 1. The van der Waals surface area contributed by atoms with Crippen LogP contribution in [-0.2, 0) is 12.7 Å². The van der Waals surface area contributed by atoms with Crippen molar-refractivity contribution in [3.8, 4) is 5.88 Å². The summed E-state index contributed by atoms with van der Waals surface area (Å²) in [6.45, 7) is 0.983. The molecule has 0 aliphatic heterocycles. The van der Waals surface area contributed by atoms with Crippen LogP contribution in [0.4, 0.5) is 13.2 Å². The summed E-state index contributed by atoms with van der Waals surface area (Å²) in [7, 11) is 1.61. The molecule has 0 unspecified atom stereocenters. The zero-order valence-corrected chi connectivity index (χ0v) is 17.3. The molecule has 2 rings (SSSR count). The molecular formula is C16H18ClF3IN5O. The highest BCUT2D eigenvalue weighted by Gasteiger charge is 2.31. The maximum Gasteiger partial charge on any atom is 0.417 e. The summed E-state index contributed by atoms with van der Waals surface area (Å²) >= 11 is 5.77. The molecule has 2 heterocycles. The van der Waals surface area contributed by atoms with E-state index in [4.69, 9.17) is 16.3 Å². The minimum atomic E-state index is -4.50. The van der Waals surface area contributed by atoms with Crippen molar-refractivity contribution in [3.63, 3.8) is 0 Å². The number of hydrogen-bond acceptors (Lipinski definition) is 4. The van der Waals surface area contributed by atoms with Gasteiger partial charge in [0.15, 0.2) is 5.96 Å². The Morgan fingerprint density at radius 2 is 2.04 bits per heavy atom. The van der Waals surface area contributed by atoms with E-state index >= 15 is 0 Å². The molecule has 0 saturated heterocycles. The van der Waals surface area contributed by atoms with E-state index < -0.39 is 11.7 Å². The van der Waals surface area contributed by atoms with Crippen LogP contribution in [0, 0.1) is 0 Å². The lowest BCUT2D eigenvalue weighted by Gasteiger charge is -2.13. The normalized spacial score (nSPS) is 11.5. The van der Waals surface area contributed by atoms with E-state index in [9.17, 15) is 13.2 Å². The summed E-state index contributed by atoms with van der Waals surface area (Å²) in [6, 6.07) is 6.37. The molecule has 2 aromatic heterocycles. The predicted molar refractivity (Wildman–Crippen MR) is 108 cm³/mol. The van der Waals surface area contributed by atoms with Crippen LogP contribution in [0.15, 0.2) is 41.7 Å². The van der Waals surface area contributed by atoms with Gasteiger partial charge in [-0.3, -0.25) is 9.98 Å². The number of guanidine groups is 1. The third-order valence-corrected chi connectivity index (χ3v) is 3.43. The first-order valence-corrected chi connectivity index (χ1v) is 7.98. The van der Waals surface area contributed by atoms with Crippen molar-refractivity contribution >= 4 is 41.5 Å². The summed E-state index contributed by atoms with van der Waals surface area (Å²) in [6.07, 6.45) is -2.12. The van der Waals surface area contributed by atoms with Gasteiger partial charge in [-0.05, 0) is 18.2 Å². The van der Waals surface area contributed by atoms with Gasteiger partial charge in [0.2, 0.25) is 5.88 Å². The minimum Gasteiger partial charge on any atom is -0.475 e. The van der Waals surface area contributed by atoms with Gasteiger partial charge in [0.05, 0.1) is 24.3 Å². The summed E-state index contributed by atoms with van der Waals surface area (Å²) in [5.41, 5.74) is -0.0699. The van der Waals surface area contributed by atoms with Crippen molar-refractivity contribution < 1.29 is 17.9 Å². The monoisotopic (exact) mass is 515 g/mol. The van der Waals surface area contributed by atoms with Gasteiger partial charge >= 0.3 is 6.18 Å². The molecule has 6 nitrogen and oxygen atoms in total. The Labute approximate surface area is 176 Å². The Bertz CT molecular complexity index is 747. The van der Waals surface area contributed by atoms with Crippen molar-refractivity contribution in [3.05, 3.63) is 52.9 Å². The maximum atomic E-state index is 12.6.